The molecule has 1 aromatic rings. The highest BCUT2D eigenvalue weighted by Gasteiger charge is 2.06. The van der Waals surface area contributed by atoms with Crippen molar-refractivity contribution in [1.29, 1.82) is 0 Å². The number of nitrogens with zero attached hydrogens (tertiary/aromatic N) is 4. The van der Waals surface area contributed by atoms with E-state index in [0.717, 1.165) is 56.4 Å². The lowest BCUT2D eigenvalue weighted by Gasteiger charge is -2.22. The molecule has 0 atom stereocenters. The van der Waals surface area contributed by atoms with Gasteiger partial charge >= 0.3 is 0 Å². The van der Waals surface area contributed by atoms with Crippen molar-refractivity contribution < 1.29 is 0 Å². The molecular formula is C18H32IN5. The molecule has 0 saturated carbocycles. The van der Waals surface area contributed by atoms with Crippen LogP contribution in [0.2, 0.25) is 0 Å². The first-order valence-corrected chi connectivity index (χ1v) is 8.38. The lowest BCUT2D eigenvalue weighted by molar-refractivity contribution is 0.470. The Morgan fingerprint density at radius 3 is 2.54 bits per heavy atom. The zero-order valence-corrected chi connectivity index (χ0v) is 17.8. The van der Waals surface area contributed by atoms with E-state index in [1.165, 1.54) is 0 Å². The summed E-state index contributed by atoms with van der Waals surface area (Å²) in [5.74, 6) is 1.94. The van der Waals surface area contributed by atoms with Crippen LogP contribution in [0, 0.1) is 0 Å². The first-order valence-electron chi connectivity index (χ1n) is 8.38. The van der Waals surface area contributed by atoms with Gasteiger partial charge in [-0.3, -0.25) is 4.99 Å². The summed E-state index contributed by atoms with van der Waals surface area (Å²) in [6, 6.07) is 4.21. The van der Waals surface area contributed by atoms with E-state index >= 15 is 0 Å². The SMILES string of the molecule is C=CCCCN(C)C(=NC)NCc1ccc(N(CC)CC)nc1.I. The third-order valence-electron chi connectivity index (χ3n) is 3.82. The number of aromatic nitrogens is 1. The van der Waals surface area contributed by atoms with E-state index in [1.54, 1.807) is 0 Å². The highest BCUT2D eigenvalue weighted by Crippen LogP contribution is 2.10. The van der Waals surface area contributed by atoms with Crippen molar-refractivity contribution in [3.63, 3.8) is 0 Å². The van der Waals surface area contributed by atoms with Gasteiger partial charge < -0.3 is 15.1 Å². The van der Waals surface area contributed by atoms with E-state index in [-0.39, 0.29) is 24.0 Å². The van der Waals surface area contributed by atoms with Crippen LogP contribution in [0.15, 0.2) is 36.0 Å². The molecule has 0 unspecified atom stereocenters. The van der Waals surface area contributed by atoms with Crippen LogP contribution in [0.1, 0.15) is 32.3 Å². The Morgan fingerprint density at radius 1 is 1.33 bits per heavy atom. The molecule has 1 heterocycles. The minimum atomic E-state index is 0. The van der Waals surface area contributed by atoms with Crippen molar-refractivity contribution in [2.24, 2.45) is 4.99 Å². The summed E-state index contributed by atoms with van der Waals surface area (Å²) < 4.78 is 0. The topological polar surface area (TPSA) is 43.8 Å². The van der Waals surface area contributed by atoms with Crippen molar-refractivity contribution in [3.05, 3.63) is 36.5 Å². The van der Waals surface area contributed by atoms with Crippen LogP contribution in [0.4, 0.5) is 5.82 Å². The molecule has 0 bridgehead atoms. The Balaban J connectivity index is 0.00000529. The number of allylic oxidation sites excluding steroid dienone is 1. The van der Waals surface area contributed by atoms with E-state index in [0.29, 0.717) is 0 Å². The van der Waals surface area contributed by atoms with Gasteiger partial charge in [-0.25, -0.2) is 4.98 Å². The number of anilines is 1. The van der Waals surface area contributed by atoms with Crippen molar-refractivity contribution >= 4 is 35.8 Å². The second kappa shape index (κ2) is 13.0. The Labute approximate surface area is 164 Å². The number of halogens is 1. The highest BCUT2D eigenvalue weighted by molar-refractivity contribution is 14.0. The molecule has 0 fully saturated rings. The van der Waals surface area contributed by atoms with E-state index < -0.39 is 0 Å². The molecule has 6 heteroatoms. The van der Waals surface area contributed by atoms with Gasteiger partial charge in [0, 0.05) is 46.5 Å². The third kappa shape index (κ3) is 7.51. The lowest BCUT2D eigenvalue weighted by atomic mass is 10.2. The van der Waals surface area contributed by atoms with Crippen LogP contribution < -0.4 is 10.2 Å². The predicted molar refractivity (Wildman–Crippen MR) is 115 cm³/mol. The molecule has 136 valence electrons. The molecule has 0 saturated heterocycles. The van der Waals surface area contributed by atoms with Gasteiger partial charge in [-0.2, -0.15) is 0 Å². The zero-order valence-electron chi connectivity index (χ0n) is 15.5. The first-order chi connectivity index (χ1) is 11.2. The molecule has 0 aliphatic carbocycles. The number of hydrogen-bond donors (Lipinski definition) is 1. The summed E-state index contributed by atoms with van der Waals surface area (Å²) in [4.78, 5) is 13.3. The maximum atomic E-state index is 4.55. The largest absolute Gasteiger partial charge is 0.357 e. The summed E-state index contributed by atoms with van der Waals surface area (Å²) in [5.41, 5.74) is 1.15. The molecule has 0 aromatic carbocycles. The lowest BCUT2D eigenvalue weighted by Crippen LogP contribution is -2.39. The van der Waals surface area contributed by atoms with Gasteiger partial charge in [0.05, 0.1) is 0 Å². The van der Waals surface area contributed by atoms with Gasteiger partial charge in [0.25, 0.3) is 0 Å². The van der Waals surface area contributed by atoms with Gasteiger partial charge in [0.1, 0.15) is 5.82 Å². The van der Waals surface area contributed by atoms with E-state index in [2.05, 4.69) is 64.7 Å². The molecule has 1 N–H and O–H groups in total. The second-order valence-corrected chi connectivity index (χ2v) is 5.45. The Morgan fingerprint density at radius 2 is 2.04 bits per heavy atom. The second-order valence-electron chi connectivity index (χ2n) is 5.45. The minimum absolute atomic E-state index is 0. The Hall–Kier alpha value is -1.31. The summed E-state index contributed by atoms with van der Waals surface area (Å²) in [5, 5.41) is 3.39. The van der Waals surface area contributed by atoms with Crippen LogP contribution in [0.5, 0.6) is 0 Å². The normalized spacial score (nSPS) is 10.8. The zero-order chi connectivity index (χ0) is 17.1. The fraction of sp³-hybridized carbons (Fsp3) is 0.556. The number of unbranched alkanes of at least 4 members (excludes halogenated alkanes) is 1. The molecule has 0 aliphatic rings. The molecule has 1 aromatic heterocycles. The minimum Gasteiger partial charge on any atom is -0.357 e. The number of nitrogens with one attached hydrogen (secondary N) is 1. The average Bonchev–Trinajstić information content (AvgIpc) is 2.58. The van der Waals surface area contributed by atoms with Crippen molar-refractivity contribution in [2.45, 2.75) is 33.2 Å². The van der Waals surface area contributed by atoms with Gasteiger partial charge in [-0.05, 0) is 38.3 Å². The van der Waals surface area contributed by atoms with Gasteiger partial charge in [0.15, 0.2) is 5.96 Å². The van der Waals surface area contributed by atoms with Crippen molar-refractivity contribution in [3.8, 4) is 0 Å². The van der Waals surface area contributed by atoms with E-state index in [1.807, 2.05) is 19.3 Å². The summed E-state index contributed by atoms with van der Waals surface area (Å²) in [7, 11) is 3.87. The molecular weight excluding hydrogens is 413 g/mol. The number of pyridine rings is 1. The number of aliphatic imine (C=N–C) groups is 1. The third-order valence-corrected chi connectivity index (χ3v) is 3.82. The fourth-order valence-corrected chi connectivity index (χ4v) is 2.40. The molecule has 5 nitrogen and oxygen atoms in total. The summed E-state index contributed by atoms with van der Waals surface area (Å²) in [6.07, 6.45) is 6.00. The van der Waals surface area contributed by atoms with Crippen LogP contribution >= 0.6 is 24.0 Å². The summed E-state index contributed by atoms with van der Waals surface area (Å²) in [6.45, 7) is 11.7. The monoisotopic (exact) mass is 445 g/mol. The maximum absolute atomic E-state index is 4.55. The predicted octanol–water partition coefficient (Wildman–Crippen LogP) is 3.52. The van der Waals surface area contributed by atoms with E-state index in [4.69, 9.17) is 0 Å². The molecule has 24 heavy (non-hydrogen) atoms. The molecule has 1 rings (SSSR count). The van der Waals surface area contributed by atoms with Crippen LogP contribution in [0.3, 0.4) is 0 Å². The average molecular weight is 445 g/mol. The molecule has 0 aliphatic heterocycles. The molecule has 0 amide bonds. The van der Waals surface area contributed by atoms with Crippen LogP contribution in [0.25, 0.3) is 0 Å². The van der Waals surface area contributed by atoms with E-state index in [9.17, 15) is 0 Å². The van der Waals surface area contributed by atoms with Crippen molar-refractivity contribution in [1.82, 2.24) is 15.2 Å². The van der Waals surface area contributed by atoms with Crippen LogP contribution in [-0.4, -0.2) is 49.6 Å². The first kappa shape index (κ1) is 22.7. The van der Waals surface area contributed by atoms with Gasteiger partial charge in [0.2, 0.25) is 0 Å². The summed E-state index contributed by atoms with van der Waals surface area (Å²) >= 11 is 0. The molecule has 0 spiro atoms. The Bertz CT molecular complexity index is 483. The number of hydrogen-bond acceptors (Lipinski definition) is 3. The van der Waals surface area contributed by atoms with Gasteiger partial charge in [-0.1, -0.05) is 12.1 Å². The fourth-order valence-electron chi connectivity index (χ4n) is 2.40. The molecule has 0 radical (unpaired) electrons. The standard InChI is InChI=1S/C18H31N5.HI/c1-6-9-10-13-22(5)18(19-4)21-15-16-11-12-17(20-14-16)23(7-2)8-3;/h6,11-12,14H,1,7-10,13,15H2,2-5H3,(H,19,21);1H. The van der Waals surface area contributed by atoms with Gasteiger partial charge in [-0.15, -0.1) is 30.6 Å². The van der Waals surface area contributed by atoms with Crippen LogP contribution in [-0.2, 0) is 6.54 Å². The quantitative estimate of drug-likeness (QED) is 0.208. The smallest absolute Gasteiger partial charge is 0.193 e. The maximum Gasteiger partial charge on any atom is 0.193 e. The number of rotatable bonds is 9. The highest BCUT2D eigenvalue weighted by atomic mass is 127. The Kier molecular flexibility index (Phi) is 12.3. The number of guanidine groups is 1. The van der Waals surface area contributed by atoms with Crippen molar-refractivity contribution in [2.75, 3.05) is 38.6 Å².